The molecule has 0 aliphatic carbocycles. The van der Waals surface area contributed by atoms with Crippen LogP contribution in [0.3, 0.4) is 0 Å². The Morgan fingerprint density at radius 2 is 2.00 bits per heavy atom. The van der Waals surface area contributed by atoms with Crippen molar-refractivity contribution in [1.82, 2.24) is 4.98 Å². The number of halogens is 2. The number of nitrogens with zero attached hydrogens (tertiary/aromatic N) is 1. The lowest BCUT2D eigenvalue weighted by molar-refractivity contribution is 0.0696. The maximum atomic E-state index is 13.6. The average molecular weight is 339 g/mol. The van der Waals surface area contributed by atoms with Crippen LogP contribution >= 0.6 is 15.9 Å². The maximum absolute atomic E-state index is 13.6. The van der Waals surface area contributed by atoms with Gasteiger partial charge in [0.2, 0.25) is 0 Å². The number of anilines is 1. The van der Waals surface area contributed by atoms with Crippen LogP contribution in [0, 0.1) is 5.82 Å². The van der Waals surface area contributed by atoms with E-state index >= 15 is 0 Å². The van der Waals surface area contributed by atoms with E-state index in [1.165, 1.54) is 24.3 Å². The van der Waals surface area contributed by atoms with Crippen LogP contribution in [0.1, 0.15) is 20.7 Å². The van der Waals surface area contributed by atoms with Crippen LogP contribution in [-0.4, -0.2) is 22.0 Å². The largest absolute Gasteiger partial charge is 0.478 e. The van der Waals surface area contributed by atoms with Crippen molar-refractivity contribution < 1.29 is 19.1 Å². The van der Waals surface area contributed by atoms with E-state index in [4.69, 9.17) is 5.11 Å². The predicted octanol–water partition coefficient (Wildman–Crippen LogP) is 2.93. The molecule has 2 N–H and O–H groups in total. The molecule has 7 heteroatoms. The fraction of sp³-hybridized carbons (Fsp3) is 0. The number of carbonyl (C=O) groups is 2. The zero-order chi connectivity index (χ0) is 14.7. The summed E-state index contributed by atoms with van der Waals surface area (Å²) < 4.78 is 13.9. The third-order valence-corrected chi connectivity index (χ3v) is 3.10. The molecule has 1 aromatic carbocycles. The monoisotopic (exact) mass is 338 g/mol. The molecule has 0 saturated heterocycles. The Hall–Kier alpha value is -2.28. The molecule has 1 amide bonds. The van der Waals surface area contributed by atoms with Gasteiger partial charge in [0.15, 0.2) is 0 Å². The second-order valence-electron chi connectivity index (χ2n) is 3.79. The van der Waals surface area contributed by atoms with E-state index < -0.39 is 17.7 Å². The maximum Gasteiger partial charge on any atom is 0.337 e. The summed E-state index contributed by atoms with van der Waals surface area (Å²) in [7, 11) is 0. The standard InChI is InChI=1S/C13H8BrFN2O3/c14-8-2-1-3-9(15)11(8)12(18)17-10-5-4-7(6-16-10)13(19)20/h1-6H,(H,19,20)(H,16,17,18). The van der Waals surface area contributed by atoms with Crippen LogP contribution in [-0.2, 0) is 0 Å². The van der Waals surface area contributed by atoms with Gasteiger partial charge in [0.05, 0.1) is 11.1 Å². The van der Waals surface area contributed by atoms with Crippen LogP contribution in [0.15, 0.2) is 41.0 Å². The normalized spacial score (nSPS) is 10.1. The van der Waals surface area contributed by atoms with Crippen molar-refractivity contribution in [3.63, 3.8) is 0 Å². The average Bonchev–Trinajstić information content (AvgIpc) is 2.39. The number of rotatable bonds is 3. The third-order valence-electron chi connectivity index (χ3n) is 2.44. The Labute approximate surface area is 121 Å². The van der Waals surface area contributed by atoms with Crippen molar-refractivity contribution in [3.05, 3.63) is 57.9 Å². The van der Waals surface area contributed by atoms with E-state index in [1.54, 1.807) is 6.07 Å². The molecule has 0 atom stereocenters. The quantitative estimate of drug-likeness (QED) is 0.901. The van der Waals surface area contributed by atoms with Crippen LogP contribution in [0.2, 0.25) is 0 Å². The zero-order valence-electron chi connectivity index (χ0n) is 9.93. The van der Waals surface area contributed by atoms with Crippen molar-refractivity contribution in [2.45, 2.75) is 0 Å². The molecular weight excluding hydrogens is 331 g/mol. The Morgan fingerprint density at radius 1 is 1.25 bits per heavy atom. The van der Waals surface area contributed by atoms with E-state index in [2.05, 4.69) is 26.2 Å². The van der Waals surface area contributed by atoms with Crippen LogP contribution in [0.25, 0.3) is 0 Å². The van der Waals surface area contributed by atoms with Crippen molar-refractivity contribution in [1.29, 1.82) is 0 Å². The molecule has 0 saturated carbocycles. The second-order valence-corrected chi connectivity index (χ2v) is 4.64. The van der Waals surface area contributed by atoms with E-state index in [0.29, 0.717) is 4.47 Å². The van der Waals surface area contributed by atoms with Crippen molar-refractivity contribution in [2.24, 2.45) is 0 Å². The van der Waals surface area contributed by atoms with Gasteiger partial charge >= 0.3 is 5.97 Å². The molecule has 0 fully saturated rings. The summed E-state index contributed by atoms with van der Waals surface area (Å²) in [6, 6.07) is 6.80. The SMILES string of the molecule is O=C(O)c1ccc(NC(=O)c2c(F)cccc2Br)nc1. The minimum Gasteiger partial charge on any atom is -0.478 e. The van der Waals surface area contributed by atoms with Gasteiger partial charge in [-0.3, -0.25) is 4.79 Å². The molecule has 1 aromatic heterocycles. The molecule has 2 aromatic rings. The first kappa shape index (κ1) is 14.1. The first-order valence-corrected chi connectivity index (χ1v) is 6.23. The fourth-order valence-corrected chi connectivity index (χ4v) is 2.01. The minimum absolute atomic E-state index is 0.00456. The van der Waals surface area contributed by atoms with Crippen molar-refractivity contribution >= 4 is 33.6 Å². The van der Waals surface area contributed by atoms with E-state index in [-0.39, 0.29) is 16.9 Å². The molecule has 1 heterocycles. The molecule has 5 nitrogen and oxygen atoms in total. The van der Waals surface area contributed by atoms with Gasteiger partial charge in [-0.25, -0.2) is 14.2 Å². The summed E-state index contributed by atoms with van der Waals surface area (Å²) in [5.41, 5.74) is -0.147. The van der Waals surface area contributed by atoms with E-state index in [1.807, 2.05) is 0 Å². The van der Waals surface area contributed by atoms with Gasteiger partial charge in [0.25, 0.3) is 5.91 Å². The van der Waals surface area contributed by atoms with Crippen molar-refractivity contribution in [2.75, 3.05) is 5.32 Å². The van der Waals surface area contributed by atoms with Gasteiger partial charge in [-0.05, 0) is 40.2 Å². The summed E-state index contributed by atoms with van der Waals surface area (Å²) in [4.78, 5) is 26.4. The summed E-state index contributed by atoms with van der Waals surface area (Å²) in [5, 5.41) is 11.1. The van der Waals surface area contributed by atoms with Crippen molar-refractivity contribution in [3.8, 4) is 0 Å². The molecule has 2 rings (SSSR count). The lowest BCUT2D eigenvalue weighted by atomic mass is 10.2. The van der Waals surface area contributed by atoms with Gasteiger partial charge < -0.3 is 10.4 Å². The fourth-order valence-electron chi connectivity index (χ4n) is 1.49. The molecule has 0 radical (unpaired) electrons. The molecule has 0 aliphatic heterocycles. The number of nitrogens with one attached hydrogen (secondary N) is 1. The van der Waals surface area contributed by atoms with E-state index in [0.717, 1.165) is 6.20 Å². The number of pyridine rings is 1. The number of hydrogen-bond acceptors (Lipinski definition) is 3. The highest BCUT2D eigenvalue weighted by atomic mass is 79.9. The number of hydrogen-bond donors (Lipinski definition) is 2. The topological polar surface area (TPSA) is 79.3 Å². The van der Waals surface area contributed by atoms with Crippen LogP contribution < -0.4 is 5.32 Å². The highest BCUT2D eigenvalue weighted by Crippen LogP contribution is 2.20. The second kappa shape index (κ2) is 5.79. The van der Waals surface area contributed by atoms with Crippen LogP contribution in [0.4, 0.5) is 10.2 Å². The predicted molar refractivity (Wildman–Crippen MR) is 73.2 cm³/mol. The molecule has 102 valence electrons. The Balaban J connectivity index is 2.21. The summed E-state index contributed by atoms with van der Waals surface area (Å²) in [6.45, 7) is 0. The van der Waals surface area contributed by atoms with Gasteiger partial charge in [-0.2, -0.15) is 0 Å². The van der Waals surface area contributed by atoms with Gasteiger partial charge in [-0.1, -0.05) is 6.07 Å². The number of aromatic carboxylic acids is 1. The first-order valence-electron chi connectivity index (χ1n) is 5.44. The number of amides is 1. The number of carboxylic acid groups (broad SMARTS) is 1. The Kier molecular flexibility index (Phi) is 4.09. The number of carboxylic acids is 1. The number of benzene rings is 1. The van der Waals surface area contributed by atoms with Gasteiger partial charge in [0, 0.05) is 10.7 Å². The highest BCUT2D eigenvalue weighted by Gasteiger charge is 2.16. The Bertz CT molecular complexity index is 654. The zero-order valence-corrected chi connectivity index (χ0v) is 11.5. The molecule has 0 unspecified atom stereocenters. The highest BCUT2D eigenvalue weighted by molar-refractivity contribution is 9.10. The summed E-state index contributed by atoms with van der Waals surface area (Å²) in [6.07, 6.45) is 1.11. The molecule has 20 heavy (non-hydrogen) atoms. The third kappa shape index (κ3) is 3.00. The molecule has 0 bridgehead atoms. The molecule has 0 spiro atoms. The lowest BCUT2D eigenvalue weighted by Crippen LogP contribution is -2.15. The van der Waals surface area contributed by atoms with Crippen LogP contribution in [0.5, 0.6) is 0 Å². The summed E-state index contributed by atoms with van der Waals surface area (Å²) in [5.74, 6) is -2.33. The van der Waals surface area contributed by atoms with Gasteiger partial charge in [-0.15, -0.1) is 0 Å². The lowest BCUT2D eigenvalue weighted by Gasteiger charge is -2.07. The first-order chi connectivity index (χ1) is 9.49. The molecular formula is C13H8BrFN2O3. The van der Waals surface area contributed by atoms with Gasteiger partial charge in [0.1, 0.15) is 11.6 Å². The minimum atomic E-state index is -1.12. The molecule has 0 aliphatic rings. The smallest absolute Gasteiger partial charge is 0.337 e. The summed E-state index contributed by atoms with van der Waals surface area (Å²) >= 11 is 3.09. The number of aromatic nitrogens is 1. The number of carbonyl (C=O) groups excluding carboxylic acids is 1. The van der Waals surface area contributed by atoms with E-state index in [9.17, 15) is 14.0 Å². The Morgan fingerprint density at radius 3 is 2.55 bits per heavy atom.